The minimum absolute atomic E-state index is 0.0634. The molecule has 0 unspecified atom stereocenters. The van der Waals surface area contributed by atoms with E-state index >= 15 is 0 Å². The van der Waals surface area contributed by atoms with Gasteiger partial charge in [0.25, 0.3) is 0 Å². The summed E-state index contributed by atoms with van der Waals surface area (Å²) in [7, 11) is 0. The summed E-state index contributed by atoms with van der Waals surface area (Å²) >= 11 is 1.93. The zero-order valence-corrected chi connectivity index (χ0v) is 11.4. The average Bonchev–Trinajstić information content (AvgIpc) is 2.89. The number of aliphatic carboxylic acids is 1. The summed E-state index contributed by atoms with van der Waals surface area (Å²) in [6, 6.07) is 0. The van der Waals surface area contributed by atoms with Crippen LogP contribution >= 0.6 is 11.8 Å². The van der Waals surface area contributed by atoms with Crippen molar-refractivity contribution in [2.24, 2.45) is 11.8 Å². The maximum absolute atomic E-state index is 12.0. The highest BCUT2D eigenvalue weighted by atomic mass is 32.2. The SMILES string of the molecule is O=C(O)[C@@H]1CCC[C@H](C(=O)NC[C@H]2CCCS2)C1. The van der Waals surface area contributed by atoms with E-state index in [-0.39, 0.29) is 17.7 Å². The van der Waals surface area contributed by atoms with E-state index in [0.717, 1.165) is 25.8 Å². The van der Waals surface area contributed by atoms with Gasteiger partial charge in [-0.2, -0.15) is 11.8 Å². The number of carbonyl (C=O) groups is 2. The van der Waals surface area contributed by atoms with Gasteiger partial charge in [-0.3, -0.25) is 9.59 Å². The Labute approximate surface area is 112 Å². The first-order valence-corrected chi connectivity index (χ1v) is 7.84. The van der Waals surface area contributed by atoms with Crippen molar-refractivity contribution in [3.63, 3.8) is 0 Å². The lowest BCUT2D eigenvalue weighted by molar-refractivity contribution is -0.144. The van der Waals surface area contributed by atoms with Crippen LogP contribution in [-0.4, -0.2) is 34.5 Å². The van der Waals surface area contributed by atoms with E-state index in [2.05, 4.69) is 5.32 Å². The van der Waals surface area contributed by atoms with Crippen molar-refractivity contribution in [3.8, 4) is 0 Å². The summed E-state index contributed by atoms with van der Waals surface area (Å²) in [5.41, 5.74) is 0. The number of nitrogens with one attached hydrogen (secondary N) is 1. The van der Waals surface area contributed by atoms with E-state index < -0.39 is 5.97 Å². The van der Waals surface area contributed by atoms with Gasteiger partial charge >= 0.3 is 5.97 Å². The van der Waals surface area contributed by atoms with Crippen LogP contribution in [0.15, 0.2) is 0 Å². The van der Waals surface area contributed by atoms with Crippen LogP contribution in [0, 0.1) is 11.8 Å². The Morgan fingerprint density at radius 2 is 1.94 bits per heavy atom. The van der Waals surface area contributed by atoms with E-state index in [9.17, 15) is 9.59 Å². The van der Waals surface area contributed by atoms with Gasteiger partial charge in [-0.05, 0) is 37.9 Å². The fourth-order valence-corrected chi connectivity index (χ4v) is 4.02. The number of amides is 1. The van der Waals surface area contributed by atoms with Crippen LogP contribution in [0.2, 0.25) is 0 Å². The predicted molar refractivity (Wildman–Crippen MR) is 71.6 cm³/mol. The molecule has 4 nitrogen and oxygen atoms in total. The number of rotatable bonds is 4. The van der Waals surface area contributed by atoms with Crippen LogP contribution in [0.5, 0.6) is 0 Å². The second-order valence-electron chi connectivity index (χ2n) is 5.28. The molecule has 5 heteroatoms. The predicted octanol–water partition coefficient (Wildman–Crippen LogP) is 1.89. The summed E-state index contributed by atoms with van der Waals surface area (Å²) in [6.45, 7) is 0.748. The number of carboxylic acid groups (broad SMARTS) is 1. The van der Waals surface area contributed by atoms with Crippen molar-refractivity contribution in [2.45, 2.75) is 43.8 Å². The van der Waals surface area contributed by atoms with E-state index in [1.165, 1.54) is 18.6 Å². The number of hydrogen-bond donors (Lipinski definition) is 2. The summed E-state index contributed by atoms with van der Waals surface area (Å²) in [6.07, 6.45) is 5.36. The number of thioether (sulfide) groups is 1. The molecule has 0 aromatic carbocycles. The maximum Gasteiger partial charge on any atom is 0.306 e. The van der Waals surface area contributed by atoms with Crippen LogP contribution in [0.1, 0.15) is 38.5 Å². The summed E-state index contributed by atoms with van der Waals surface area (Å²) in [4.78, 5) is 23.0. The van der Waals surface area contributed by atoms with Gasteiger partial charge in [-0.15, -0.1) is 0 Å². The Morgan fingerprint density at radius 1 is 1.17 bits per heavy atom. The summed E-state index contributed by atoms with van der Waals surface area (Å²) < 4.78 is 0. The third-order valence-corrected chi connectivity index (χ3v) is 5.32. The quantitative estimate of drug-likeness (QED) is 0.819. The number of carboxylic acids is 1. The fraction of sp³-hybridized carbons (Fsp3) is 0.846. The molecule has 0 aromatic heterocycles. The molecule has 2 rings (SSSR count). The van der Waals surface area contributed by atoms with Gasteiger partial charge in [0.15, 0.2) is 0 Å². The average molecular weight is 271 g/mol. The lowest BCUT2D eigenvalue weighted by atomic mass is 9.81. The molecule has 18 heavy (non-hydrogen) atoms. The molecular weight excluding hydrogens is 250 g/mol. The van der Waals surface area contributed by atoms with Crippen molar-refractivity contribution >= 4 is 23.6 Å². The first-order chi connectivity index (χ1) is 8.66. The Balaban J connectivity index is 1.75. The number of hydrogen-bond acceptors (Lipinski definition) is 3. The highest BCUT2D eigenvalue weighted by Crippen LogP contribution is 2.30. The Hall–Kier alpha value is -0.710. The molecule has 2 fully saturated rings. The van der Waals surface area contributed by atoms with Crippen LogP contribution in [0.3, 0.4) is 0 Å². The van der Waals surface area contributed by atoms with Gasteiger partial charge in [0.2, 0.25) is 5.91 Å². The van der Waals surface area contributed by atoms with Crippen molar-refractivity contribution in [1.29, 1.82) is 0 Å². The molecule has 2 N–H and O–H groups in total. The van der Waals surface area contributed by atoms with Crippen molar-refractivity contribution in [1.82, 2.24) is 5.32 Å². The third-order valence-electron chi connectivity index (χ3n) is 3.92. The zero-order valence-electron chi connectivity index (χ0n) is 10.6. The first kappa shape index (κ1) is 13.7. The van der Waals surface area contributed by atoms with Crippen molar-refractivity contribution in [2.75, 3.05) is 12.3 Å². The highest BCUT2D eigenvalue weighted by Gasteiger charge is 2.31. The summed E-state index contributed by atoms with van der Waals surface area (Å²) in [5, 5.41) is 12.6. The van der Waals surface area contributed by atoms with Crippen LogP contribution in [0.25, 0.3) is 0 Å². The minimum atomic E-state index is -0.751. The monoisotopic (exact) mass is 271 g/mol. The van der Waals surface area contributed by atoms with Crippen LogP contribution in [-0.2, 0) is 9.59 Å². The molecule has 102 valence electrons. The molecule has 1 saturated carbocycles. The molecule has 0 bridgehead atoms. The van der Waals surface area contributed by atoms with Gasteiger partial charge in [0.05, 0.1) is 5.92 Å². The maximum atomic E-state index is 12.0. The fourth-order valence-electron chi connectivity index (χ4n) is 2.82. The molecule has 1 amide bonds. The Morgan fingerprint density at radius 3 is 2.61 bits per heavy atom. The lowest BCUT2D eigenvalue weighted by Crippen LogP contribution is -2.38. The molecule has 0 radical (unpaired) electrons. The van der Waals surface area contributed by atoms with Gasteiger partial charge in [0, 0.05) is 17.7 Å². The second-order valence-corrected chi connectivity index (χ2v) is 6.69. The second kappa shape index (κ2) is 6.45. The normalized spacial score (nSPS) is 32.1. The van der Waals surface area contributed by atoms with Crippen molar-refractivity contribution < 1.29 is 14.7 Å². The van der Waals surface area contributed by atoms with Gasteiger partial charge in [-0.25, -0.2) is 0 Å². The molecule has 1 saturated heterocycles. The molecule has 1 aliphatic heterocycles. The van der Waals surface area contributed by atoms with Crippen LogP contribution < -0.4 is 5.32 Å². The van der Waals surface area contributed by atoms with Gasteiger partial charge in [-0.1, -0.05) is 6.42 Å². The first-order valence-electron chi connectivity index (χ1n) is 6.79. The third kappa shape index (κ3) is 3.64. The summed E-state index contributed by atoms with van der Waals surface area (Å²) in [5.74, 6) is 0.0966. The van der Waals surface area contributed by atoms with E-state index in [4.69, 9.17) is 5.11 Å². The van der Waals surface area contributed by atoms with Gasteiger partial charge in [0.1, 0.15) is 0 Å². The molecular formula is C13H21NO3S. The standard InChI is InChI=1S/C13H21NO3S/c15-12(14-8-11-5-2-6-18-11)9-3-1-4-10(7-9)13(16)17/h9-11H,1-8H2,(H,14,15)(H,16,17)/t9-,10+,11+/m0/s1. The van der Waals surface area contributed by atoms with Gasteiger partial charge < -0.3 is 10.4 Å². The van der Waals surface area contributed by atoms with E-state index in [1.54, 1.807) is 0 Å². The molecule has 3 atom stereocenters. The molecule has 1 heterocycles. The molecule has 2 aliphatic rings. The lowest BCUT2D eigenvalue weighted by Gasteiger charge is -2.26. The van der Waals surface area contributed by atoms with Crippen molar-refractivity contribution in [3.05, 3.63) is 0 Å². The minimum Gasteiger partial charge on any atom is -0.481 e. The molecule has 0 spiro atoms. The largest absolute Gasteiger partial charge is 0.481 e. The molecule has 0 aromatic rings. The number of carbonyl (C=O) groups excluding carboxylic acids is 1. The molecule has 1 aliphatic carbocycles. The smallest absolute Gasteiger partial charge is 0.306 e. The van der Waals surface area contributed by atoms with E-state index in [1.807, 2.05) is 11.8 Å². The highest BCUT2D eigenvalue weighted by molar-refractivity contribution is 8.00. The van der Waals surface area contributed by atoms with E-state index in [0.29, 0.717) is 11.7 Å². The van der Waals surface area contributed by atoms with Crippen LogP contribution in [0.4, 0.5) is 0 Å². The zero-order chi connectivity index (χ0) is 13.0. The Kier molecular flexibility index (Phi) is 4.92. The topological polar surface area (TPSA) is 66.4 Å². The Bertz CT molecular complexity index is 315.